The zero-order chi connectivity index (χ0) is 14.5. The van der Waals surface area contributed by atoms with Gasteiger partial charge in [-0.1, -0.05) is 22.0 Å². The van der Waals surface area contributed by atoms with Gasteiger partial charge in [0, 0.05) is 42.6 Å². The molecule has 0 atom stereocenters. The summed E-state index contributed by atoms with van der Waals surface area (Å²) in [6.07, 6.45) is 0.997. The summed E-state index contributed by atoms with van der Waals surface area (Å²) < 4.78 is 0. The molecule has 0 radical (unpaired) electrons. The number of phenols is 1. The van der Waals surface area contributed by atoms with Crippen LogP contribution in [0.2, 0.25) is 0 Å². The number of hydrogen-bond donors (Lipinski definition) is 1. The largest absolute Gasteiger partial charge is 0.508 e. The second kappa shape index (κ2) is 7.09. The molecule has 2 rings (SSSR count). The Morgan fingerprint density at radius 3 is 2.85 bits per heavy atom. The van der Waals surface area contributed by atoms with Gasteiger partial charge in [0.1, 0.15) is 5.75 Å². The zero-order valence-corrected chi connectivity index (χ0v) is 13.4. The monoisotopic (exact) mass is 340 g/mol. The number of carbonyl (C=O) groups excluding carboxylic acids is 1. The number of carbonyl (C=O) groups is 1. The van der Waals surface area contributed by atoms with Crippen LogP contribution in [0.3, 0.4) is 0 Å². The van der Waals surface area contributed by atoms with Gasteiger partial charge in [-0.3, -0.25) is 4.79 Å². The van der Waals surface area contributed by atoms with Crippen molar-refractivity contribution < 1.29 is 9.90 Å². The predicted molar refractivity (Wildman–Crippen MR) is 83.6 cm³/mol. The third-order valence-electron chi connectivity index (χ3n) is 3.81. The van der Waals surface area contributed by atoms with Crippen LogP contribution in [-0.2, 0) is 0 Å². The minimum absolute atomic E-state index is 0.0269. The Morgan fingerprint density at radius 1 is 1.30 bits per heavy atom. The number of nitrogens with zero attached hydrogens (tertiary/aromatic N) is 2. The molecule has 0 spiro atoms. The SMILES string of the molecule is Cc1c(O)cccc1C(=O)N1CCCN(CCBr)CC1. The highest BCUT2D eigenvalue weighted by Crippen LogP contribution is 2.21. The molecule has 20 heavy (non-hydrogen) atoms. The highest BCUT2D eigenvalue weighted by molar-refractivity contribution is 9.09. The van der Waals surface area contributed by atoms with E-state index in [9.17, 15) is 9.90 Å². The third kappa shape index (κ3) is 3.52. The molecule has 110 valence electrons. The van der Waals surface area contributed by atoms with Crippen molar-refractivity contribution in [2.24, 2.45) is 0 Å². The maximum atomic E-state index is 12.6. The Balaban J connectivity index is 2.07. The van der Waals surface area contributed by atoms with Crippen molar-refractivity contribution in [2.75, 3.05) is 38.1 Å². The predicted octanol–water partition coefficient (Wildman–Crippen LogP) is 2.24. The van der Waals surface area contributed by atoms with Gasteiger partial charge in [-0.25, -0.2) is 0 Å². The molecule has 0 bridgehead atoms. The van der Waals surface area contributed by atoms with Crippen molar-refractivity contribution in [3.8, 4) is 5.75 Å². The van der Waals surface area contributed by atoms with Gasteiger partial charge in [-0.15, -0.1) is 0 Å². The van der Waals surface area contributed by atoms with E-state index in [1.165, 1.54) is 0 Å². The lowest BCUT2D eigenvalue weighted by Gasteiger charge is -2.22. The molecule has 0 saturated carbocycles. The van der Waals surface area contributed by atoms with Gasteiger partial charge in [0.2, 0.25) is 0 Å². The first-order chi connectivity index (χ1) is 9.63. The van der Waals surface area contributed by atoms with E-state index in [1.54, 1.807) is 25.1 Å². The van der Waals surface area contributed by atoms with Crippen LogP contribution in [0.5, 0.6) is 5.75 Å². The molecule has 0 aromatic heterocycles. The van der Waals surface area contributed by atoms with Crippen molar-refractivity contribution in [2.45, 2.75) is 13.3 Å². The molecule has 4 nitrogen and oxygen atoms in total. The highest BCUT2D eigenvalue weighted by atomic mass is 79.9. The minimum atomic E-state index is 0.0269. The molecular formula is C15H21BrN2O2. The average Bonchev–Trinajstić information content (AvgIpc) is 2.67. The van der Waals surface area contributed by atoms with E-state index < -0.39 is 0 Å². The summed E-state index contributed by atoms with van der Waals surface area (Å²) in [5, 5.41) is 10.7. The van der Waals surface area contributed by atoms with Gasteiger partial charge < -0.3 is 14.9 Å². The molecule has 0 unspecified atom stereocenters. The molecule has 1 aliphatic rings. The topological polar surface area (TPSA) is 43.8 Å². The van der Waals surface area contributed by atoms with Crippen LogP contribution < -0.4 is 0 Å². The molecular weight excluding hydrogens is 320 g/mol. The molecule has 5 heteroatoms. The van der Waals surface area contributed by atoms with E-state index in [-0.39, 0.29) is 11.7 Å². The smallest absolute Gasteiger partial charge is 0.254 e. The number of rotatable bonds is 3. The van der Waals surface area contributed by atoms with Gasteiger partial charge in [0.25, 0.3) is 5.91 Å². The summed E-state index contributed by atoms with van der Waals surface area (Å²) in [6.45, 7) is 6.29. The van der Waals surface area contributed by atoms with E-state index >= 15 is 0 Å². The molecule has 1 N–H and O–H groups in total. The molecule has 1 aromatic carbocycles. The fourth-order valence-corrected chi connectivity index (χ4v) is 3.04. The van der Waals surface area contributed by atoms with Crippen molar-refractivity contribution in [1.82, 2.24) is 9.80 Å². The lowest BCUT2D eigenvalue weighted by atomic mass is 10.1. The van der Waals surface area contributed by atoms with Gasteiger partial charge in [-0.05, 0) is 32.0 Å². The van der Waals surface area contributed by atoms with Crippen molar-refractivity contribution in [3.63, 3.8) is 0 Å². The third-order valence-corrected chi connectivity index (χ3v) is 4.17. The summed E-state index contributed by atoms with van der Waals surface area (Å²) in [5.41, 5.74) is 1.28. The van der Waals surface area contributed by atoms with Crippen LogP contribution in [0.1, 0.15) is 22.3 Å². The summed E-state index contributed by atoms with van der Waals surface area (Å²) in [7, 11) is 0. The van der Waals surface area contributed by atoms with Crippen LogP contribution in [0, 0.1) is 6.92 Å². The molecule has 0 aliphatic carbocycles. The molecule has 1 heterocycles. The minimum Gasteiger partial charge on any atom is -0.508 e. The second-order valence-corrected chi connectivity index (χ2v) is 5.92. The van der Waals surface area contributed by atoms with Gasteiger partial charge >= 0.3 is 0 Å². The Kier molecular flexibility index (Phi) is 5.43. The highest BCUT2D eigenvalue weighted by Gasteiger charge is 2.21. The van der Waals surface area contributed by atoms with Gasteiger partial charge in [-0.2, -0.15) is 0 Å². The lowest BCUT2D eigenvalue weighted by Crippen LogP contribution is -2.35. The fourth-order valence-electron chi connectivity index (χ4n) is 2.54. The zero-order valence-electron chi connectivity index (χ0n) is 11.8. The van der Waals surface area contributed by atoms with E-state index in [2.05, 4.69) is 20.8 Å². The number of halogens is 1. The first-order valence-corrected chi connectivity index (χ1v) is 8.12. The van der Waals surface area contributed by atoms with Gasteiger partial charge in [0.15, 0.2) is 0 Å². The van der Waals surface area contributed by atoms with Crippen molar-refractivity contribution in [1.29, 1.82) is 0 Å². The Morgan fingerprint density at radius 2 is 2.10 bits per heavy atom. The lowest BCUT2D eigenvalue weighted by molar-refractivity contribution is 0.0760. The number of hydrogen-bond acceptors (Lipinski definition) is 3. The van der Waals surface area contributed by atoms with Crippen LogP contribution >= 0.6 is 15.9 Å². The van der Waals surface area contributed by atoms with Crippen molar-refractivity contribution in [3.05, 3.63) is 29.3 Å². The van der Waals surface area contributed by atoms with E-state index in [4.69, 9.17) is 0 Å². The van der Waals surface area contributed by atoms with Crippen LogP contribution in [-0.4, -0.2) is 58.9 Å². The Labute approximate surface area is 128 Å². The maximum Gasteiger partial charge on any atom is 0.254 e. The number of benzene rings is 1. The van der Waals surface area contributed by atoms with Crippen molar-refractivity contribution >= 4 is 21.8 Å². The molecule has 1 saturated heterocycles. The molecule has 1 fully saturated rings. The Bertz CT molecular complexity index is 479. The van der Waals surface area contributed by atoms with Gasteiger partial charge in [0.05, 0.1) is 0 Å². The summed E-state index contributed by atoms with van der Waals surface area (Å²) in [5.74, 6) is 0.214. The summed E-state index contributed by atoms with van der Waals surface area (Å²) in [4.78, 5) is 16.8. The number of alkyl halides is 1. The fraction of sp³-hybridized carbons (Fsp3) is 0.533. The van der Waals surface area contributed by atoms with E-state index in [0.29, 0.717) is 11.1 Å². The maximum absolute atomic E-state index is 12.6. The van der Waals surface area contributed by atoms with Crippen LogP contribution in [0.4, 0.5) is 0 Å². The molecule has 1 amide bonds. The Hall–Kier alpha value is -1.07. The first kappa shape index (κ1) is 15.3. The number of aromatic hydroxyl groups is 1. The summed E-state index contributed by atoms with van der Waals surface area (Å²) >= 11 is 3.46. The van der Waals surface area contributed by atoms with Crippen LogP contribution in [0.25, 0.3) is 0 Å². The normalized spacial score (nSPS) is 17.0. The molecule has 1 aliphatic heterocycles. The quantitative estimate of drug-likeness (QED) is 0.858. The van der Waals surface area contributed by atoms with E-state index in [0.717, 1.165) is 44.5 Å². The standard InChI is InChI=1S/C15H21BrN2O2/c1-12-13(4-2-5-14(12)19)15(20)18-8-3-7-17(9-6-16)10-11-18/h2,4-5,19H,3,6-11H2,1H3. The van der Waals surface area contributed by atoms with Crippen LogP contribution in [0.15, 0.2) is 18.2 Å². The second-order valence-electron chi connectivity index (χ2n) is 5.13. The molecule has 1 aromatic rings. The van der Waals surface area contributed by atoms with E-state index in [1.807, 2.05) is 4.90 Å². The number of phenolic OH excluding ortho intramolecular Hbond substituents is 1. The summed E-state index contributed by atoms with van der Waals surface area (Å²) in [6, 6.07) is 5.13. The number of amides is 1. The first-order valence-electron chi connectivity index (χ1n) is 6.99. The average molecular weight is 341 g/mol.